The summed E-state index contributed by atoms with van der Waals surface area (Å²) < 4.78 is 18.7. The molecule has 0 unspecified atom stereocenters. The Bertz CT molecular complexity index is 1000. The van der Waals surface area contributed by atoms with Crippen LogP contribution in [0.5, 0.6) is 17.4 Å². The molecule has 3 aromatic rings. The minimum atomic E-state index is -0.214. The maximum Gasteiger partial charge on any atom is 0.267 e. The minimum absolute atomic E-state index is 0.214. The van der Waals surface area contributed by atoms with E-state index in [0.29, 0.717) is 40.8 Å². The van der Waals surface area contributed by atoms with Crippen molar-refractivity contribution in [1.82, 2.24) is 19.7 Å². The minimum Gasteiger partial charge on any atom is -0.495 e. The Morgan fingerprint density at radius 1 is 1.06 bits per heavy atom. The Labute approximate surface area is 186 Å². The van der Waals surface area contributed by atoms with E-state index >= 15 is 0 Å². The fourth-order valence-electron chi connectivity index (χ4n) is 3.37. The summed E-state index contributed by atoms with van der Waals surface area (Å²) in [5, 5.41) is 4.80. The van der Waals surface area contributed by atoms with Crippen LogP contribution in [0.1, 0.15) is 24.2 Å². The Kier molecular flexibility index (Phi) is 7.34. The molecule has 168 valence electrons. The number of nitrogens with zero attached hydrogens (tertiary/aromatic N) is 5. The zero-order chi connectivity index (χ0) is 22.5. The van der Waals surface area contributed by atoms with Gasteiger partial charge in [0.05, 0.1) is 21.3 Å². The Morgan fingerprint density at radius 2 is 1.74 bits per heavy atom. The van der Waals surface area contributed by atoms with Crippen molar-refractivity contribution in [2.75, 3.05) is 52.4 Å². The number of aryl methyl sites for hydroxylation is 1. The fraction of sp³-hybridized carbons (Fsp3) is 0.476. The second-order valence-electron chi connectivity index (χ2n) is 6.85. The lowest BCUT2D eigenvalue weighted by molar-refractivity contribution is 0.0980. The molecule has 0 aliphatic heterocycles. The van der Waals surface area contributed by atoms with Gasteiger partial charge in [-0.15, -0.1) is 5.10 Å². The highest BCUT2D eigenvalue weighted by atomic mass is 32.1. The quantitative estimate of drug-likeness (QED) is 0.472. The number of thiazole rings is 1. The molecule has 0 bridgehead atoms. The number of fused-ring (bicyclic) bond motifs is 1. The first kappa shape index (κ1) is 22.8. The second kappa shape index (κ2) is 9.97. The highest BCUT2D eigenvalue weighted by molar-refractivity contribution is 7.22. The van der Waals surface area contributed by atoms with E-state index in [1.54, 1.807) is 37.0 Å². The summed E-state index contributed by atoms with van der Waals surface area (Å²) >= 11 is 1.40. The van der Waals surface area contributed by atoms with Crippen molar-refractivity contribution >= 4 is 32.6 Å². The van der Waals surface area contributed by atoms with Crippen LogP contribution in [0, 0.1) is 0 Å². The predicted molar refractivity (Wildman–Crippen MR) is 122 cm³/mol. The van der Waals surface area contributed by atoms with Crippen molar-refractivity contribution < 1.29 is 19.0 Å². The number of likely N-dealkylation sites (N-methyl/N-ethyl adjacent to an activating group) is 1. The van der Waals surface area contributed by atoms with Crippen molar-refractivity contribution in [3.63, 3.8) is 0 Å². The number of anilines is 1. The number of hydrogen-bond donors (Lipinski definition) is 0. The third-order valence-electron chi connectivity index (χ3n) is 5.13. The molecule has 0 saturated heterocycles. The zero-order valence-electron chi connectivity index (χ0n) is 18.8. The largest absolute Gasteiger partial charge is 0.495 e. The van der Waals surface area contributed by atoms with Gasteiger partial charge in [0.15, 0.2) is 5.13 Å². The maximum atomic E-state index is 13.6. The van der Waals surface area contributed by atoms with Gasteiger partial charge in [0.2, 0.25) is 5.88 Å². The molecule has 0 N–H and O–H groups in total. The SMILES string of the molecule is CCN(CC)CCN(C(=O)c1cn(C)nc1OC)c1nc2c(OC)ccc(OC)c2s1. The van der Waals surface area contributed by atoms with Gasteiger partial charge < -0.3 is 19.1 Å². The lowest BCUT2D eigenvalue weighted by atomic mass is 10.3. The molecule has 0 atom stereocenters. The average molecular weight is 448 g/mol. The van der Waals surface area contributed by atoms with E-state index in [4.69, 9.17) is 19.2 Å². The lowest BCUT2D eigenvalue weighted by Crippen LogP contribution is -2.38. The Hall–Kier alpha value is -2.85. The van der Waals surface area contributed by atoms with Crippen LogP contribution < -0.4 is 19.1 Å². The van der Waals surface area contributed by atoms with Gasteiger partial charge in [-0.25, -0.2) is 4.98 Å². The number of carbonyl (C=O) groups excluding carboxylic acids is 1. The van der Waals surface area contributed by atoms with Crippen LogP contribution in [-0.4, -0.2) is 73.1 Å². The number of benzene rings is 1. The van der Waals surface area contributed by atoms with Crippen LogP contribution >= 0.6 is 11.3 Å². The van der Waals surface area contributed by atoms with Crippen molar-refractivity contribution in [1.29, 1.82) is 0 Å². The van der Waals surface area contributed by atoms with Crippen molar-refractivity contribution in [2.24, 2.45) is 7.05 Å². The molecule has 9 nitrogen and oxygen atoms in total. The normalized spacial score (nSPS) is 11.2. The standard InChI is InChI=1S/C21H29N5O4S/c1-7-25(8-2)11-12-26(20(27)14-13-24(3)23-19(14)30-6)21-22-17-15(28-4)9-10-16(29-5)18(17)31-21/h9-10,13H,7-8,11-12H2,1-6H3. The predicted octanol–water partition coefficient (Wildman–Crippen LogP) is 3.04. The van der Waals surface area contributed by atoms with Gasteiger partial charge >= 0.3 is 0 Å². The van der Waals surface area contributed by atoms with E-state index in [1.165, 1.54) is 18.4 Å². The van der Waals surface area contributed by atoms with E-state index in [2.05, 4.69) is 23.8 Å². The van der Waals surface area contributed by atoms with Gasteiger partial charge in [-0.05, 0) is 25.2 Å². The first-order valence-electron chi connectivity index (χ1n) is 10.1. The molecule has 0 aliphatic rings. The van der Waals surface area contributed by atoms with Crippen LogP contribution in [-0.2, 0) is 7.05 Å². The summed E-state index contributed by atoms with van der Waals surface area (Å²) in [6.45, 7) is 7.20. The second-order valence-corrected chi connectivity index (χ2v) is 7.83. The molecule has 0 spiro atoms. The molecule has 1 aromatic carbocycles. The molecule has 31 heavy (non-hydrogen) atoms. The first-order chi connectivity index (χ1) is 15.0. The van der Waals surface area contributed by atoms with Gasteiger partial charge in [0.1, 0.15) is 27.3 Å². The van der Waals surface area contributed by atoms with Gasteiger partial charge in [-0.1, -0.05) is 25.2 Å². The van der Waals surface area contributed by atoms with E-state index in [-0.39, 0.29) is 11.8 Å². The van der Waals surface area contributed by atoms with E-state index in [1.807, 2.05) is 12.1 Å². The van der Waals surface area contributed by atoms with Crippen LogP contribution in [0.2, 0.25) is 0 Å². The van der Waals surface area contributed by atoms with E-state index in [0.717, 1.165) is 17.8 Å². The molecule has 0 radical (unpaired) electrons. The summed E-state index contributed by atoms with van der Waals surface area (Å²) in [5.74, 6) is 1.40. The van der Waals surface area contributed by atoms with Gasteiger partial charge in [0, 0.05) is 26.3 Å². The number of aromatic nitrogens is 3. The molecular formula is C21H29N5O4S. The third-order valence-corrected chi connectivity index (χ3v) is 6.22. The lowest BCUT2D eigenvalue weighted by Gasteiger charge is -2.24. The van der Waals surface area contributed by atoms with Crippen LogP contribution in [0.25, 0.3) is 10.2 Å². The van der Waals surface area contributed by atoms with Gasteiger partial charge in [-0.2, -0.15) is 0 Å². The average Bonchev–Trinajstić information content (AvgIpc) is 3.39. The van der Waals surface area contributed by atoms with Crippen molar-refractivity contribution in [3.05, 3.63) is 23.9 Å². The van der Waals surface area contributed by atoms with Crippen molar-refractivity contribution in [2.45, 2.75) is 13.8 Å². The smallest absolute Gasteiger partial charge is 0.267 e. The highest BCUT2D eigenvalue weighted by Gasteiger charge is 2.27. The molecule has 0 saturated carbocycles. The van der Waals surface area contributed by atoms with E-state index < -0.39 is 0 Å². The van der Waals surface area contributed by atoms with Crippen LogP contribution in [0.4, 0.5) is 5.13 Å². The molecular weight excluding hydrogens is 418 g/mol. The molecule has 1 amide bonds. The van der Waals surface area contributed by atoms with Crippen LogP contribution in [0.3, 0.4) is 0 Å². The maximum absolute atomic E-state index is 13.6. The molecule has 2 aromatic heterocycles. The van der Waals surface area contributed by atoms with Gasteiger partial charge in [-0.3, -0.25) is 14.4 Å². The summed E-state index contributed by atoms with van der Waals surface area (Å²) in [6, 6.07) is 3.66. The molecule has 2 heterocycles. The topological polar surface area (TPSA) is 82.0 Å². The van der Waals surface area contributed by atoms with Crippen molar-refractivity contribution in [3.8, 4) is 17.4 Å². The number of methoxy groups -OCH3 is 3. The highest BCUT2D eigenvalue weighted by Crippen LogP contribution is 2.40. The fourth-order valence-corrected chi connectivity index (χ4v) is 4.46. The zero-order valence-corrected chi connectivity index (χ0v) is 19.7. The third kappa shape index (κ3) is 4.59. The number of ether oxygens (including phenoxy) is 3. The molecule has 0 fully saturated rings. The van der Waals surface area contributed by atoms with Gasteiger partial charge in [0.25, 0.3) is 5.91 Å². The van der Waals surface area contributed by atoms with Crippen LogP contribution in [0.15, 0.2) is 18.3 Å². The molecule has 10 heteroatoms. The number of hydrogen-bond acceptors (Lipinski definition) is 8. The Balaban J connectivity index is 2.08. The number of amides is 1. The summed E-state index contributed by atoms with van der Waals surface area (Å²) in [7, 11) is 6.48. The molecule has 0 aliphatic carbocycles. The summed E-state index contributed by atoms with van der Waals surface area (Å²) in [4.78, 5) is 22.3. The first-order valence-corrected chi connectivity index (χ1v) is 10.9. The summed E-state index contributed by atoms with van der Waals surface area (Å²) in [6.07, 6.45) is 1.67. The molecule has 3 rings (SSSR count). The summed E-state index contributed by atoms with van der Waals surface area (Å²) in [5.41, 5.74) is 1.06. The van der Waals surface area contributed by atoms with E-state index in [9.17, 15) is 4.79 Å². The monoisotopic (exact) mass is 447 g/mol. The number of carbonyl (C=O) groups is 1. The number of rotatable bonds is 10. The Morgan fingerprint density at radius 3 is 2.35 bits per heavy atom.